The molecule has 0 aromatic heterocycles. The number of nitro groups is 1. The van der Waals surface area contributed by atoms with Gasteiger partial charge in [-0.1, -0.05) is 24.3 Å². The van der Waals surface area contributed by atoms with Crippen molar-refractivity contribution in [3.8, 4) is 0 Å². The Morgan fingerprint density at radius 2 is 1.70 bits per heavy atom. The maximum Gasteiger partial charge on any atom is 0.292 e. The minimum Gasteiger partial charge on any atom is -0.379 e. The van der Waals surface area contributed by atoms with E-state index in [1.807, 2.05) is 0 Å². The number of nitrogens with zero attached hydrogens (tertiary/aromatic N) is 3. The van der Waals surface area contributed by atoms with Gasteiger partial charge in [-0.05, 0) is 34.1 Å². The Balaban J connectivity index is 1.52. The number of piperazine rings is 1. The zero-order chi connectivity index (χ0) is 21.7. The molecule has 3 rings (SSSR count). The minimum atomic E-state index is -3.64. The number of sulfonamides is 1. The van der Waals surface area contributed by atoms with Crippen LogP contribution in [0.5, 0.6) is 0 Å². The van der Waals surface area contributed by atoms with Crippen LogP contribution in [0.4, 0.5) is 11.4 Å². The molecule has 1 aliphatic heterocycles. The van der Waals surface area contributed by atoms with E-state index in [2.05, 4.69) is 21.2 Å². The Labute approximate surface area is 183 Å². The normalized spacial score (nSPS) is 15.0. The smallest absolute Gasteiger partial charge is 0.292 e. The third-order valence-electron chi connectivity index (χ3n) is 4.80. The third-order valence-corrected chi connectivity index (χ3v) is 7.71. The van der Waals surface area contributed by atoms with Gasteiger partial charge in [-0.2, -0.15) is 4.31 Å². The van der Waals surface area contributed by atoms with Crippen molar-refractivity contribution in [2.45, 2.75) is 11.3 Å². The fourth-order valence-corrected chi connectivity index (χ4v) is 5.60. The third kappa shape index (κ3) is 4.97. The molecule has 11 heteroatoms. The summed E-state index contributed by atoms with van der Waals surface area (Å²) in [5.74, 6) is -0.126. The Morgan fingerprint density at radius 3 is 2.37 bits per heavy atom. The number of amides is 1. The van der Waals surface area contributed by atoms with Crippen LogP contribution in [0, 0.1) is 10.1 Å². The van der Waals surface area contributed by atoms with Crippen LogP contribution in [0.3, 0.4) is 0 Å². The Hall–Kier alpha value is -2.50. The molecule has 0 unspecified atom stereocenters. The highest BCUT2D eigenvalue weighted by atomic mass is 79.9. The highest BCUT2D eigenvalue weighted by Crippen LogP contribution is 2.26. The molecular formula is C19H21BrN4O5S. The molecule has 2 aromatic rings. The lowest BCUT2D eigenvalue weighted by atomic mass is 10.2. The molecule has 1 N–H and O–H groups in total. The van der Waals surface area contributed by atoms with Gasteiger partial charge in [0.05, 0.1) is 9.82 Å². The summed E-state index contributed by atoms with van der Waals surface area (Å²) in [6.07, 6.45) is 0.156. The maximum absolute atomic E-state index is 12.8. The Bertz CT molecular complexity index is 1040. The summed E-state index contributed by atoms with van der Waals surface area (Å²) in [7, 11) is -3.64. The van der Waals surface area contributed by atoms with Gasteiger partial charge in [-0.25, -0.2) is 8.42 Å². The first-order valence-electron chi connectivity index (χ1n) is 9.30. The van der Waals surface area contributed by atoms with Crippen LogP contribution in [0.1, 0.15) is 6.42 Å². The first kappa shape index (κ1) is 22.2. The molecule has 1 fully saturated rings. The van der Waals surface area contributed by atoms with E-state index in [-0.39, 0.29) is 42.5 Å². The second-order valence-electron chi connectivity index (χ2n) is 6.67. The Kier molecular flexibility index (Phi) is 7.06. The molecule has 1 heterocycles. The predicted octanol–water partition coefficient (Wildman–Crippen LogP) is 2.69. The van der Waals surface area contributed by atoms with Gasteiger partial charge >= 0.3 is 0 Å². The molecule has 1 aliphatic rings. The number of nitro benzene ring substituents is 1. The number of carbonyl (C=O) groups excluding carboxylic acids is 1. The lowest BCUT2D eigenvalue weighted by molar-refractivity contribution is -0.384. The van der Waals surface area contributed by atoms with Crippen LogP contribution in [-0.4, -0.2) is 61.2 Å². The van der Waals surface area contributed by atoms with Crippen molar-refractivity contribution in [1.29, 1.82) is 0 Å². The molecule has 1 amide bonds. The lowest BCUT2D eigenvalue weighted by Crippen LogP contribution is -2.50. The monoisotopic (exact) mass is 496 g/mol. The van der Waals surface area contributed by atoms with Crippen molar-refractivity contribution in [3.63, 3.8) is 0 Å². The van der Waals surface area contributed by atoms with E-state index in [9.17, 15) is 23.3 Å². The fraction of sp³-hybridized carbons (Fsp3) is 0.316. The van der Waals surface area contributed by atoms with Gasteiger partial charge in [0.15, 0.2) is 0 Å². The molecule has 0 bridgehead atoms. The van der Waals surface area contributed by atoms with E-state index in [1.165, 1.54) is 10.4 Å². The van der Waals surface area contributed by atoms with E-state index in [0.717, 1.165) is 0 Å². The zero-order valence-electron chi connectivity index (χ0n) is 16.0. The summed E-state index contributed by atoms with van der Waals surface area (Å²) in [6, 6.07) is 12.9. The molecule has 160 valence electrons. The van der Waals surface area contributed by atoms with Gasteiger partial charge in [-0.15, -0.1) is 0 Å². The molecule has 0 saturated carbocycles. The van der Waals surface area contributed by atoms with Crippen molar-refractivity contribution >= 4 is 43.2 Å². The van der Waals surface area contributed by atoms with Gasteiger partial charge in [-0.3, -0.25) is 14.9 Å². The quantitative estimate of drug-likeness (QED) is 0.465. The summed E-state index contributed by atoms with van der Waals surface area (Å²) in [5, 5.41) is 14.0. The van der Waals surface area contributed by atoms with Gasteiger partial charge in [0.1, 0.15) is 5.69 Å². The highest BCUT2D eigenvalue weighted by Gasteiger charge is 2.31. The number of carbonyl (C=O) groups is 1. The second-order valence-corrected chi connectivity index (χ2v) is 9.43. The van der Waals surface area contributed by atoms with E-state index in [0.29, 0.717) is 23.2 Å². The van der Waals surface area contributed by atoms with Crippen LogP contribution < -0.4 is 5.32 Å². The van der Waals surface area contributed by atoms with E-state index in [4.69, 9.17) is 0 Å². The Morgan fingerprint density at radius 1 is 1.07 bits per heavy atom. The number of anilines is 1. The lowest BCUT2D eigenvalue weighted by Gasteiger charge is -2.34. The number of hydrogen-bond acceptors (Lipinski definition) is 6. The van der Waals surface area contributed by atoms with Crippen molar-refractivity contribution in [3.05, 3.63) is 63.1 Å². The van der Waals surface area contributed by atoms with Crippen LogP contribution in [0.25, 0.3) is 0 Å². The summed E-state index contributed by atoms with van der Waals surface area (Å²) in [4.78, 5) is 24.8. The molecule has 9 nitrogen and oxygen atoms in total. The summed E-state index contributed by atoms with van der Waals surface area (Å²) < 4.78 is 27.5. The van der Waals surface area contributed by atoms with E-state index >= 15 is 0 Å². The van der Waals surface area contributed by atoms with Gasteiger partial charge in [0.25, 0.3) is 5.69 Å². The summed E-state index contributed by atoms with van der Waals surface area (Å²) >= 11 is 3.28. The molecule has 30 heavy (non-hydrogen) atoms. The number of rotatable bonds is 7. The molecule has 0 radical (unpaired) electrons. The van der Waals surface area contributed by atoms with Crippen molar-refractivity contribution < 1.29 is 18.1 Å². The number of halogens is 1. The van der Waals surface area contributed by atoms with Crippen LogP contribution in [-0.2, 0) is 14.8 Å². The molecule has 1 saturated heterocycles. The average Bonchev–Trinajstić information content (AvgIpc) is 2.74. The number of nitrogens with one attached hydrogen (secondary N) is 1. The number of hydrogen-bond donors (Lipinski definition) is 1. The molecule has 0 aliphatic carbocycles. The minimum absolute atomic E-state index is 0.0455. The number of para-hydroxylation sites is 2. The topological polar surface area (TPSA) is 113 Å². The molecule has 0 atom stereocenters. The zero-order valence-corrected chi connectivity index (χ0v) is 18.4. The van der Waals surface area contributed by atoms with Crippen LogP contribution in [0.15, 0.2) is 57.9 Å². The van der Waals surface area contributed by atoms with Crippen LogP contribution >= 0.6 is 15.9 Å². The fourth-order valence-electron chi connectivity index (χ4n) is 3.22. The van der Waals surface area contributed by atoms with Crippen molar-refractivity contribution in [2.24, 2.45) is 0 Å². The SMILES string of the molecule is O=C(CCNc1ccccc1[N+](=O)[O-])N1CCN(S(=O)(=O)c2ccccc2Br)CC1. The summed E-state index contributed by atoms with van der Waals surface area (Å²) in [6.45, 7) is 1.28. The van der Waals surface area contributed by atoms with E-state index in [1.54, 1.807) is 47.4 Å². The largest absolute Gasteiger partial charge is 0.379 e. The summed E-state index contributed by atoms with van der Waals surface area (Å²) in [5.41, 5.74) is 0.315. The molecule has 0 spiro atoms. The predicted molar refractivity (Wildman–Crippen MR) is 116 cm³/mol. The van der Waals surface area contributed by atoms with Crippen molar-refractivity contribution in [1.82, 2.24) is 9.21 Å². The second kappa shape index (κ2) is 9.54. The molecule has 2 aromatic carbocycles. The van der Waals surface area contributed by atoms with E-state index < -0.39 is 14.9 Å². The number of benzene rings is 2. The first-order valence-corrected chi connectivity index (χ1v) is 11.5. The van der Waals surface area contributed by atoms with Gasteiger partial charge in [0, 0.05) is 49.7 Å². The van der Waals surface area contributed by atoms with Gasteiger partial charge in [0.2, 0.25) is 15.9 Å². The average molecular weight is 497 g/mol. The molecular weight excluding hydrogens is 476 g/mol. The van der Waals surface area contributed by atoms with Crippen LogP contribution in [0.2, 0.25) is 0 Å². The van der Waals surface area contributed by atoms with Crippen molar-refractivity contribution in [2.75, 3.05) is 38.0 Å². The van der Waals surface area contributed by atoms with Gasteiger partial charge < -0.3 is 10.2 Å². The highest BCUT2D eigenvalue weighted by molar-refractivity contribution is 9.10. The standard InChI is InChI=1S/C19H21BrN4O5S/c20-15-5-1-4-8-18(15)30(28,29)23-13-11-22(12-14-23)19(25)9-10-21-16-6-2-3-7-17(16)24(26)27/h1-8,21H,9-14H2. The first-order chi connectivity index (χ1) is 14.3. The maximum atomic E-state index is 12.8.